The van der Waals surface area contributed by atoms with Crippen LogP contribution in [0, 0.1) is 0 Å². The van der Waals surface area contributed by atoms with Gasteiger partial charge in [0.15, 0.2) is 11.5 Å². The number of ether oxygens (including phenoxy) is 2. The Morgan fingerprint density at radius 3 is 2.57 bits per heavy atom. The van der Waals surface area contributed by atoms with Gasteiger partial charge in [0.25, 0.3) is 11.8 Å². The number of nitrogens with zero attached hydrogens (tertiary/aromatic N) is 1. The quantitative estimate of drug-likeness (QED) is 0.922. The lowest BCUT2D eigenvalue weighted by Gasteiger charge is -2.32. The molecular weight excluding hydrogens is 296 g/mol. The molecule has 6 heteroatoms. The lowest BCUT2D eigenvalue weighted by molar-refractivity contribution is 0.0912. The van der Waals surface area contributed by atoms with Crippen LogP contribution in [0.15, 0.2) is 36.4 Å². The van der Waals surface area contributed by atoms with E-state index in [9.17, 15) is 9.59 Å². The summed E-state index contributed by atoms with van der Waals surface area (Å²) >= 11 is 0. The van der Waals surface area contributed by atoms with Gasteiger partial charge in [-0.3, -0.25) is 14.5 Å². The van der Waals surface area contributed by atoms with Crippen molar-refractivity contribution in [2.75, 3.05) is 19.1 Å². The van der Waals surface area contributed by atoms with Crippen LogP contribution in [0.2, 0.25) is 0 Å². The first-order valence-electron chi connectivity index (χ1n) is 7.15. The van der Waals surface area contributed by atoms with Crippen molar-refractivity contribution in [3.63, 3.8) is 0 Å². The number of nitrogens with one attached hydrogen (secondary N) is 1. The minimum atomic E-state index is -0.528. The molecular formula is C17H14N2O4. The number of para-hydroxylation sites is 1. The summed E-state index contributed by atoms with van der Waals surface area (Å²) in [7, 11) is 3.02. The van der Waals surface area contributed by atoms with Gasteiger partial charge < -0.3 is 14.8 Å². The molecule has 2 aromatic rings. The summed E-state index contributed by atoms with van der Waals surface area (Å²) in [5.41, 5.74) is 2.21. The second-order valence-electron chi connectivity index (χ2n) is 5.33. The monoisotopic (exact) mass is 310 g/mol. The van der Waals surface area contributed by atoms with E-state index in [1.54, 1.807) is 35.2 Å². The molecule has 2 aliphatic rings. The first kappa shape index (κ1) is 13.6. The lowest BCUT2D eigenvalue weighted by Crippen LogP contribution is -2.45. The SMILES string of the molecule is COc1ccc2c(c1OC)C(=O)N1c3ccccc3C(=O)NC21. The third-order valence-electron chi connectivity index (χ3n) is 4.24. The van der Waals surface area contributed by atoms with Crippen molar-refractivity contribution in [3.8, 4) is 11.5 Å². The summed E-state index contributed by atoms with van der Waals surface area (Å²) in [5.74, 6) is 0.459. The Balaban J connectivity index is 1.95. The predicted octanol–water partition coefficient (Wildman–Crippen LogP) is 2.11. The van der Waals surface area contributed by atoms with E-state index in [-0.39, 0.29) is 11.8 Å². The number of methoxy groups -OCH3 is 2. The summed E-state index contributed by atoms with van der Waals surface area (Å²) < 4.78 is 10.7. The summed E-state index contributed by atoms with van der Waals surface area (Å²) in [4.78, 5) is 26.9. The Morgan fingerprint density at radius 1 is 1.04 bits per heavy atom. The number of amides is 2. The fraction of sp³-hybridized carbons (Fsp3) is 0.176. The maximum absolute atomic E-state index is 13.0. The van der Waals surface area contributed by atoms with E-state index in [0.29, 0.717) is 33.9 Å². The lowest BCUT2D eigenvalue weighted by atomic mass is 10.0. The summed E-state index contributed by atoms with van der Waals surface area (Å²) in [6.45, 7) is 0. The summed E-state index contributed by atoms with van der Waals surface area (Å²) in [5, 5.41) is 2.88. The van der Waals surface area contributed by atoms with Gasteiger partial charge in [0.1, 0.15) is 6.17 Å². The fourth-order valence-electron chi connectivity index (χ4n) is 3.24. The zero-order valence-electron chi connectivity index (χ0n) is 12.6. The van der Waals surface area contributed by atoms with Crippen LogP contribution >= 0.6 is 0 Å². The fourth-order valence-corrected chi connectivity index (χ4v) is 3.24. The molecule has 2 amide bonds. The van der Waals surface area contributed by atoms with Crippen LogP contribution in [0.3, 0.4) is 0 Å². The second-order valence-corrected chi connectivity index (χ2v) is 5.33. The second kappa shape index (κ2) is 4.74. The first-order valence-corrected chi connectivity index (χ1v) is 7.15. The van der Waals surface area contributed by atoms with E-state index in [1.165, 1.54) is 14.2 Å². The van der Waals surface area contributed by atoms with E-state index in [4.69, 9.17) is 9.47 Å². The highest BCUT2D eigenvalue weighted by Gasteiger charge is 2.45. The van der Waals surface area contributed by atoms with Gasteiger partial charge in [0, 0.05) is 5.56 Å². The number of rotatable bonds is 2. The molecule has 0 spiro atoms. The highest BCUT2D eigenvalue weighted by Crippen LogP contribution is 2.46. The molecule has 0 radical (unpaired) electrons. The van der Waals surface area contributed by atoms with Crippen molar-refractivity contribution < 1.29 is 19.1 Å². The molecule has 2 heterocycles. The molecule has 116 valence electrons. The van der Waals surface area contributed by atoms with Gasteiger partial charge in [0.2, 0.25) is 0 Å². The van der Waals surface area contributed by atoms with Crippen LogP contribution in [-0.2, 0) is 0 Å². The topological polar surface area (TPSA) is 67.9 Å². The Kier molecular flexibility index (Phi) is 2.81. The van der Waals surface area contributed by atoms with E-state index in [2.05, 4.69) is 5.32 Å². The zero-order chi connectivity index (χ0) is 16.1. The molecule has 1 N–H and O–H groups in total. The summed E-state index contributed by atoms with van der Waals surface area (Å²) in [6, 6.07) is 10.6. The number of carbonyl (C=O) groups excluding carboxylic acids is 2. The molecule has 2 aromatic carbocycles. The van der Waals surface area contributed by atoms with Gasteiger partial charge in [-0.05, 0) is 18.2 Å². The average Bonchev–Trinajstić information content (AvgIpc) is 2.87. The number of anilines is 1. The van der Waals surface area contributed by atoms with Gasteiger partial charge >= 0.3 is 0 Å². The molecule has 0 bridgehead atoms. The minimum Gasteiger partial charge on any atom is -0.493 e. The van der Waals surface area contributed by atoms with Crippen LogP contribution in [-0.4, -0.2) is 26.0 Å². The Morgan fingerprint density at radius 2 is 1.83 bits per heavy atom. The van der Waals surface area contributed by atoms with Crippen molar-refractivity contribution in [3.05, 3.63) is 53.1 Å². The van der Waals surface area contributed by atoms with Crippen LogP contribution in [0.5, 0.6) is 11.5 Å². The number of benzene rings is 2. The molecule has 4 rings (SSSR count). The molecule has 1 atom stereocenters. The highest BCUT2D eigenvalue weighted by atomic mass is 16.5. The first-order chi connectivity index (χ1) is 11.2. The van der Waals surface area contributed by atoms with Gasteiger partial charge in [0.05, 0.1) is 31.0 Å². The standard InChI is InChI=1S/C17H14N2O4/c1-22-12-8-7-10-13(14(12)23-2)17(21)19-11-6-4-3-5-9(11)16(20)18-15(10)19/h3-8,15H,1-2H3,(H,18,20). The van der Waals surface area contributed by atoms with Crippen molar-refractivity contribution in [2.45, 2.75) is 6.17 Å². The number of fused-ring (bicyclic) bond motifs is 5. The van der Waals surface area contributed by atoms with E-state index in [1.807, 2.05) is 6.07 Å². The maximum atomic E-state index is 13.0. The van der Waals surface area contributed by atoms with Crippen LogP contribution < -0.4 is 19.7 Å². The van der Waals surface area contributed by atoms with Gasteiger partial charge in [-0.15, -0.1) is 0 Å². The normalized spacial score (nSPS) is 18.0. The van der Waals surface area contributed by atoms with Gasteiger partial charge in [-0.1, -0.05) is 18.2 Å². The van der Waals surface area contributed by atoms with Crippen molar-refractivity contribution in [2.24, 2.45) is 0 Å². The van der Waals surface area contributed by atoms with Crippen molar-refractivity contribution in [1.29, 1.82) is 0 Å². The van der Waals surface area contributed by atoms with Gasteiger partial charge in [-0.25, -0.2) is 0 Å². The molecule has 1 unspecified atom stereocenters. The molecule has 0 aromatic heterocycles. The molecule has 0 aliphatic carbocycles. The number of hydrogen-bond donors (Lipinski definition) is 1. The number of hydrogen-bond acceptors (Lipinski definition) is 4. The Bertz CT molecular complexity index is 846. The molecule has 2 aliphatic heterocycles. The minimum absolute atomic E-state index is 0.197. The van der Waals surface area contributed by atoms with Crippen molar-refractivity contribution in [1.82, 2.24) is 5.32 Å². The van der Waals surface area contributed by atoms with Gasteiger partial charge in [-0.2, -0.15) is 0 Å². The molecule has 0 saturated heterocycles. The highest BCUT2D eigenvalue weighted by molar-refractivity contribution is 6.18. The van der Waals surface area contributed by atoms with E-state index >= 15 is 0 Å². The third-order valence-corrected chi connectivity index (χ3v) is 4.24. The number of carbonyl (C=O) groups is 2. The molecule has 0 fully saturated rings. The Labute approximate surface area is 132 Å². The third kappa shape index (κ3) is 1.69. The largest absolute Gasteiger partial charge is 0.493 e. The molecule has 23 heavy (non-hydrogen) atoms. The molecule has 6 nitrogen and oxygen atoms in total. The summed E-state index contributed by atoms with van der Waals surface area (Å²) in [6.07, 6.45) is -0.528. The van der Waals surface area contributed by atoms with Crippen molar-refractivity contribution >= 4 is 17.5 Å². The van der Waals surface area contributed by atoms with E-state index in [0.717, 1.165) is 0 Å². The molecule has 0 saturated carbocycles. The van der Waals surface area contributed by atoms with Crippen LogP contribution in [0.25, 0.3) is 0 Å². The van der Waals surface area contributed by atoms with E-state index < -0.39 is 6.17 Å². The average molecular weight is 310 g/mol. The predicted molar refractivity (Wildman–Crippen MR) is 83.0 cm³/mol. The maximum Gasteiger partial charge on any atom is 0.264 e. The zero-order valence-corrected chi connectivity index (χ0v) is 12.6. The van der Waals surface area contributed by atoms with Crippen LogP contribution in [0.4, 0.5) is 5.69 Å². The Hall–Kier alpha value is -3.02. The van der Waals surface area contributed by atoms with Crippen LogP contribution in [0.1, 0.15) is 32.4 Å². The smallest absolute Gasteiger partial charge is 0.264 e.